The number of hydrogen-bond donors (Lipinski definition) is 1. The number of methoxy groups -OCH3 is 1. The summed E-state index contributed by atoms with van der Waals surface area (Å²) in [5, 5.41) is 3.00. The fourth-order valence-corrected chi connectivity index (χ4v) is 3.38. The molecule has 0 unspecified atom stereocenters. The SMILES string of the molecule is COC(=O)c1ccc(CN2C(=O)NC(=Cc3cc(Cl)ccc3OCc3ccccc3)C2=O)o1. The molecule has 9 heteroatoms. The van der Waals surface area contributed by atoms with Gasteiger partial charge in [-0.15, -0.1) is 0 Å². The summed E-state index contributed by atoms with van der Waals surface area (Å²) in [7, 11) is 1.23. The summed E-state index contributed by atoms with van der Waals surface area (Å²) in [5.74, 6) is -0.456. The first kappa shape index (κ1) is 22.2. The average Bonchev–Trinajstić information content (AvgIpc) is 3.39. The van der Waals surface area contributed by atoms with Gasteiger partial charge >= 0.3 is 12.0 Å². The summed E-state index contributed by atoms with van der Waals surface area (Å²) in [6.45, 7) is 0.179. The zero-order valence-corrected chi connectivity index (χ0v) is 18.3. The first-order chi connectivity index (χ1) is 15.9. The van der Waals surface area contributed by atoms with Gasteiger partial charge in [0.05, 0.1) is 13.7 Å². The van der Waals surface area contributed by atoms with Gasteiger partial charge in [0, 0.05) is 10.6 Å². The van der Waals surface area contributed by atoms with E-state index in [4.69, 9.17) is 20.8 Å². The number of rotatable bonds is 7. The molecule has 0 aliphatic carbocycles. The van der Waals surface area contributed by atoms with Gasteiger partial charge in [-0.1, -0.05) is 41.9 Å². The number of amides is 3. The third-order valence-electron chi connectivity index (χ3n) is 4.83. The third kappa shape index (κ3) is 5.07. The van der Waals surface area contributed by atoms with E-state index in [1.54, 1.807) is 18.2 Å². The molecule has 0 saturated carbocycles. The highest BCUT2D eigenvalue weighted by atomic mass is 35.5. The van der Waals surface area contributed by atoms with Crippen LogP contribution in [0.25, 0.3) is 6.08 Å². The number of esters is 1. The Bertz CT molecular complexity index is 1230. The van der Waals surface area contributed by atoms with Gasteiger partial charge in [-0.05, 0) is 42.0 Å². The molecule has 1 saturated heterocycles. The van der Waals surface area contributed by atoms with Crippen molar-refractivity contribution in [3.05, 3.63) is 94.0 Å². The molecule has 2 aromatic carbocycles. The second-order valence-corrected chi connectivity index (χ2v) is 7.53. The zero-order chi connectivity index (χ0) is 23.4. The highest BCUT2D eigenvalue weighted by molar-refractivity contribution is 6.30. The Labute approximate surface area is 194 Å². The van der Waals surface area contributed by atoms with Gasteiger partial charge in [-0.2, -0.15) is 0 Å². The van der Waals surface area contributed by atoms with E-state index >= 15 is 0 Å². The maximum Gasteiger partial charge on any atom is 0.373 e. The van der Waals surface area contributed by atoms with Gasteiger partial charge in [0.25, 0.3) is 5.91 Å². The summed E-state index contributed by atoms with van der Waals surface area (Å²) in [5.41, 5.74) is 1.58. The topological polar surface area (TPSA) is 98.1 Å². The van der Waals surface area contributed by atoms with Crippen molar-refractivity contribution in [3.63, 3.8) is 0 Å². The van der Waals surface area contributed by atoms with E-state index in [2.05, 4.69) is 10.1 Å². The number of urea groups is 1. The van der Waals surface area contributed by atoms with E-state index in [0.29, 0.717) is 22.9 Å². The Hall–Kier alpha value is -4.04. The molecule has 1 fully saturated rings. The van der Waals surface area contributed by atoms with Crippen LogP contribution in [0.3, 0.4) is 0 Å². The molecule has 3 amide bonds. The lowest BCUT2D eigenvalue weighted by molar-refractivity contribution is -0.123. The van der Waals surface area contributed by atoms with Crippen LogP contribution >= 0.6 is 11.6 Å². The molecule has 168 valence electrons. The molecular formula is C24H19ClN2O6. The summed E-state index contributed by atoms with van der Waals surface area (Å²) in [4.78, 5) is 37.8. The quantitative estimate of drug-likeness (QED) is 0.315. The van der Waals surface area contributed by atoms with E-state index in [0.717, 1.165) is 10.5 Å². The molecule has 0 spiro atoms. The maximum absolute atomic E-state index is 12.9. The molecule has 2 heterocycles. The molecule has 0 bridgehead atoms. The Morgan fingerprint density at radius 2 is 1.91 bits per heavy atom. The van der Waals surface area contributed by atoms with E-state index in [1.165, 1.54) is 25.3 Å². The average molecular weight is 467 g/mol. The summed E-state index contributed by atoms with van der Waals surface area (Å²) in [6.07, 6.45) is 1.51. The van der Waals surface area contributed by atoms with Crippen molar-refractivity contribution in [3.8, 4) is 5.75 Å². The van der Waals surface area contributed by atoms with Crippen LogP contribution in [-0.4, -0.2) is 29.9 Å². The van der Waals surface area contributed by atoms with Crippen LogP contribution in [0, 0.1) is 0 Å². The highest BCUT2D eigenvalue weighted by Crippen LogP contribution is 2.27. The Morgan fingerprint density at radius 1 is 1.12 bits per heavy atom. The molecule has 1 aliphatic rings. The molecule has 33 heavy (non-hydrogen) atoms. The predicted octanol–water partition coefficient (Wildman–Crippen LogP) is 4.39. The Morgan fingerprint density at radius 3 is 2.67 bits per heavy atom. The van der Waals surface area contributed by atoms with Gasteiger partial charge in [0.2, 0.25) is 5.76 Å². The van der Waals surface area contributed by atoms with Gasteiger partial charge in [-0.25, -0.2) is 9.59 Å². The van der Waals surface area contributed by atoms with E-state index in [-0.39, 0.29) is 23.8 Å². The van der Waals surface area contributed by atoms with Crippen LogP contribution in [0.2, 0.25) is 5.02 Å². The number of hydrogen-bond acceptors (Lipinski definition) is 6. The largest absolute Gasteiger partial charge is 0.488 e. The number of halogens is 1. The molecular weight excluding hydrogens is 448 g/mol. The molecule has 1 aliphatic heterocycles. The molecule has 3 aromatic rings. The zero-order valence-electron chi connectivity index (χ0n) is 17.5. The van der Waals surface area contributed by atoms with E-state index < -0.39 is 17.9 Å². The number of carbonyl (C=O) groups is 3. The van der Waals surface area contributed by atoms with Gasteiger partial charge < -0.3 is 19.2 Å². The second-order valence-electron chi connectivity index (χ2n) is 7.09. The van der Waals surface area contributed by atoms with E-state index in [1.807, 2.05) is 30.3 Å². The van der Waals surface area contributed by atoms with Crippen molar-refractivity contribution in [1.29, 1.82) is 0 Å². The predicted molar refractivity (Wildman–Crippen MR) is 119 cm³/mol. The first-order valence-corrected chi connectivity index (χ1v) is 10.3. The minimum absolute atomic E-state index is 0.0190. The van der Waals surface area contributed by atoms with Crippen LogP contribution < -0.4 is 10.1 Å². The van der Waals surface area contributed by atoms with Crippen LogP contribution in [0.4, 0.5) is 4.79 Å². The second kappa shape index (κ2) is 9.62. The lowest BCUT2D eigenvalue weighted by Crippen LogP contribution is -2.30. The lowest BCUT2D eigenvalue weighted by Gasteiger charge is -2.11. The van der Waals surface area contributed by atoms with Crippen molar-refractivity contribution in [2.24, 2.45) is 0 Å². The number of nitrogens with zero attached hydrogens (tertiary/aromatic N) is 1. The summed E-state index contributed by atoms with van der Waals surface area (Å²) in [6, 6.07) is 17.0. The molecule has 1 aromatic heterocycles. The number of carbonyl (C=O) groups excluding carboxylic acids is 3. The van der Waals surface area contributed by atoms with Crippen molar-refractivity contribution in [2.45, 2.75) is 13.2 Å². The minimum atomic E-state index is -0.650. The number of imide groups is 1. The fourth-order valence-electron chi connectivity index (χ4n) is 3.20. The molecule has 0 radical (unpaired) electrons. The van der Waals surface area contributed by atoms with Gasteiger partial charge in [-0.3, -0.25) is 9.69 Å². The highest BCUT2D eigenvalue weighted by Gasteiger charge is 2.34. The third-order valence-corrected chi connectivity index (χ3v) is 5.07. The number of nitrogens with one attached hydrogen (secondary N) is 1. The smallest absolute Gasteiger partial charge is 0.373 e. The van der Waals surface area contributed by atoms with Crippen molar-refractivity contribution >= 4 is 35.6 Å². The monoisotopic (exact) mass is 466 g/mol. The first-order valence-electron chi connectivity index (χ1n) is 9.92. The van der Waals surface area contributed by atoms with Gasteiger partial charge in [0.1, 0.15) is 23.8 Å². The normalized spacial score (nSPS) is 14.5. The van der Waals surface area contributed by atoms with Crippen LogP contribution in [0.1, 0.15) is 27.4 Å². The van der Waals surface area contributed by atoms with Crippen molar-refractivity contribution < 1.29 is 28.3 Å². The Kier molecular flexibility index (Phi) is 6.46. The van der Waals surface area contributed by atoms with Gasteiger partial charge in [0.15, 0.2) is 0 Å². The fraction of sp³-hybridized carbons (Fsp3) is 0.125. The summed E-state index contributed by atoms with van der Waals surface area (Å²) < 4.78 is 15.9. The van der Waals surface area contributed by atoms with Crippen LogP contribution in [0.5, 0.6) is 5.75 Å². The molecule has 0 atom stereocenters. The number of furan rings is 1. The summed E-state index contributed by atoms with van der Waals surface area (Å²) >= 11 is 6.14. The minimum Gasteiger partial charge on any atom is -0.488 e. The molecule has 8 nitrogen and oxygen atoms in total. The maximum atomic E-state index is 12.9. The molecule has 1 N–H and O–H groups in total. The van der Waals surface area contributed by atoms with Crippen LogP contribution in [-0.2, 0) is 22.7 Å². The lowest BCUT2D eigenvalue weighted by atomic mass is 10.1. The number of ether oxygens (including phenoxy) is 2. The van der Waals surface area contributed by atoms with Crippen LogP contribution in [0.15, 0.2) is 70.8 Å². The van der Waals surface area contributed by atoms with Crippen molar-refractivity contribution in [2.75, 3.05) is 7.11 Å². The van der Waals surface area contributed by atoms with Crippen molar-refractivity contribution in [1.82, 2.24) is 10.2 Å². The molecule has 4 rings (SSSR count). The van der Waals surface area contributed by atoms with E-state index in [9.17, 15) is 14.4 Å². The Balaban J connectivity index is 1.52. The number of benzene rings is 2. The standard InChI is InChI=1S/C24H19ClN2O6/c1-31-23(29)21-10-8-18(33-21)13-27-22(28)19(26-24(27)30)12-16-11-17(25)7-9-20(16)32-14-15-5-3-2-4-6-15/h2-12H,13-14H2,1H3,(H,26,30).